The molecule has 0 saturated heterocycles. The zero-order valence-electron chi connectivity index (χ0n) is 13.9. The lowest BCUT2D eigenvalue weighted by molar-refractivity contribution is 0.814. The van der Waals surface area contributed by atoms with Gasteiger partial charge < -0.3 is 0 Å². The van der Waals surface area contributed by atoms with Gasteiger partial charge in [-0.25, -0.2) is 0 Å². The molecule has 2 heteroatoms. The van der Waals surface area contributed by atoms with Crippen molar-refractivity contribution in [1.29, 1.82) is 0 Å². The minimum atomic E-state index is -0.562. The van der Waals surface area contributed by atoms with Crippen LogP contribution in [0.2, 0.25) is 0 Å². The first-order valence-electron chi connectivity index (χ1n) is 8.09. The molecule has 112 valence electrons. The molecule has 0 amide bonds. The third-order valence-corrected chi connectivity index (χ3v) is 9.00. The van der Waals surface area contributed by atoms with Gasteiger partial charge in [0, 0.05) is 7.26 Å². The van der Waals surface area contributed by atoms with Gasteiger partial charge in [0.25, 0.3) is 0 Å². The third kappa shape index (κ3) is 9.75. The second kappa shape index (κ2) is 14.3. The summed E-state index contributed by atoms with van der Waals surface area (Å²) in [5.41, 5.74) is 0. The Labute approximate surface area is 121 Å². The molecule has 0 rings (SSSR count). The van der Waals surface area contributed by atoms with Crippen molar-refractivity contribution in [2.75, 3.05) is 24.6 Å². The monoisotopic (exact) mass is 294 g/mol. The molecule has 0 aromatic carbocycles. The average molecular weight is 294 g/mol. The van der Waals surface area contributed by atoms with Crippen molar-refractivity contribution in [3.63, 3.8) is 0 Å². The molecular formula is C16H40P2+2. The van der Waals surface area contributed by atoms with Crippen LogP contribution in [-0.4, -0.2) is 24.6 Å². The Morgan fingerprint density at radius 2 is 0.722 bits per heavy atom. The van der Waals surface area contributed by atoms with Crippen LogP contribution >= 0.6 is 17.2 Å². The van der Waals surface area contributed by atoms with Crippen molar-refractivity contribution in [1.82, 2.24) is 0 Å². The van der Waals surface area contributed by atoms with E-state index >= 15 is 0 Å². The van der Waals surface area contributed by atoms with E-state index in [1.807, 2.05) is 0 Å². The summed E-state index contributed by atoms with van der Waals surface area (Å²) >= 11 is 0. The van der Waals surface area contributed by atoms with Crippen LogP contribution in [0.4, 0.5) is 0 Å². The molecule has 0 aliphatic rings. The van der Waals surface area contributed by atoms with Crippen molar-refractivity contribution < 1.29 is 0 Å². The molecule has 0 aliphatic heterocycles. The average Bonchev–Trinajstić information content (AvgIpc) is 2.37. The molecule has 0 aliphatic carbocycles. The summed E-state index contributed by atoms with van der Waals surface area (Å²) in [6, 6.07) is 0. The molecule has 1 unspecified atom stereocenters. The van der Waals surface area contributed by atoms with Crippen molar-refractivity contribution in [3.8, 4) is 0 Å². The summed E-state index contributed by atoms with van der Waals surface area (Å²) in [6.07, 6.45) is 17.9. The van der Waals surface area contributed by atoms with E-state index < -0.39 is 7.26 Å². The van der Waals surface area contributed by atoms with E-state index in [0.29, 0.717) is 0 Å². The number of hydrogen-bond donors (Lipinski definition) is 0. The summed E-state index contributed by atoms with van der Waals surface area (Å²) in [7, 11) is -0.562. The van der Waals surface area contributed by atoms with Gasteiger partial charge in [-0.15, -0.1) is 0 Å². The molecule has 0 fully saturated rings. The van der Waals surface area contributed by atoms with E-state index in [0.717, 1.165) is 0 Å². The number of hydrogen-bond acceptors (Lipinski definition) is 0. The summed E-state index contributed by atoms with van der Waals surface area (Å²) < 4.78 is 0. The van der Waals surface area contributed by atoms with Gasteiger partial charge in [-0.3, -0.25) is 0 Å². The molecule has 0 N–H and O–H groups in total. The minimum absolute atomic E-state index is 0. The van der Waals surface area contributed by atoms with Crippen LogP contribution in [0.25, 0.3) is 0 Å². The molecule has 0 bridgehead atoms. The summed E-state index contributed by atoms with van der Waals surface area (Å²) in [5, 5.41) is 0. The lowest BCUT2D eigenvalue weighted by Crippen LogP contribution is -2.12. The highest BCUT2D eigenvalue weighted by molar-refractivity contribution is 7.75. The maximum atomic E-state index is 2.36. The van der Waals surface area contributed by atoms with Crippen molar-refractivity contribution >= 4 is 17.2 Å². The minimum Gasteiger partial charge on any atom is -0.0652 e. The maximum absolute atomic E-state index is 2.36. The van der Waals surface area contributed by atoms with E-state index in [1.54, 1.807) is 24.6 Å². The van der Waals surface area contributed by atoms with Crippen LogP contribution in [0.5, 0.6) is 0 Å². The first kappa shape index (κ1) is 21.2. The largest absolute Gasteiger partial charge is 0.0652 e. The lowest BCUT2D eigenvalue weighted by atomic mass is 10.4. The maximum Gasteiger partial charge on any atom is 0.0594 e. The van der Waals surface area contributed by atoms with E-state index in [9.17, 15) is 0 Å². The predicted molar refractivity (Wildman–Crippen MR) is 98.5 cm³/mol. The van der Waals surface area contributed by atoms with E-state index in [2.05, 4.69) is 27.7 Å². The van der Waals surface area contributed by atoms with Crippen molar-refractivity contribution in [3.05, 3.63) is 0 Å². The van der Waals surface area contributed by atoms with E-state index in [-0.39, 0.29) is 9.90 Å². The zero-order valence-corrected chi connectivity index (χ0v) is 16.8. The van der Waals surface area contributed by atoms with Crippen LogP contribution in [0, 0.1) is 0 Å². The summed E-state index contributed by atoms with van der Waals surface area (Å²) in [4.78, 5) is 0. The first-order valence-corrected chi connectivity index (χ1v) is 10.6. The van der Waals surface area contributed by atoms with Gasteiger partial charge >= 0.3 is 0 Å². The van der Waals surface area contributed by atoms with Gasteiger partial charge in [0.2, 0.25) is 0 Å². The highest BCUT2D eigenvalue weighted by atomic mass is 31.2. The Hall–Kier alpha value is 0.860. The molecule has 1 atom stereocenters. The van der Waals surface area contributed by atoms with Crippen LogP contribution < -0.4 is 0 Å². The fourth-order valence-electron chi connectivity index (χ4n) is 2.64. The number of rotatable bonds is 12. The molecule has 0 nitrogen and oxygen atoms in total. The van der Waals surface area contributed by atoms with E-state index in [4.69, 9.17) is 0 Å². The third-order valence-electron chi connectivity index (χ3n) is 3.94. The van der Waals surface area contributed by atoms with Crippen LogP contribution in [0.15, 0.2) is 0 Å². The molecule has 0 aromatic rings. The van der Waals surface area contributed by atoms with Crippen molar-refractivity contribution in [2.24, 2.45) is 0 Å². The normalized spacial score (nSPS) is 11.3. The van der Waals surface area contributed by atoms with Gasteiger partial charge in [-0.2, -0.15) is 0 Å². The summed E-state index contributed by atoms with van der Waals surface area (Å²) in [6.45, 7) is 9.42. The molecule has 0 radical (unpaired) electrons. The fraction of sp³-hybridized carbons (Fsp3) is 1.00. The molecule has 0 spiro atoms. The van der Waals surface area contributed by atoms with Crippen molar-refractivity contribution in [2.45, 2.75) is 79.1 Å². The molecular weight excluding hydrogens is 254 g/mol. The highest BCUT2D eigenvalue weighted by Gasteiger charge is 2.34. The van der Waals surface area contributed by atoms with Gasteiger partial charge in [-0.1, -0.05) is 53.4 Å². The smallest absolute Gasteiger partial charge is 0.0594 e. The highest BCUT2D eigenvalue weighted by Crippen LogP contribution is 2.61. The Kier molecular flexibility index (Phi) is 16.8. The Balaban J connectivity index is 0. The molecule has 0 saturated carbocycles. The quantitative estimate of drug-likeness (QED) is 0.387. The summed E-state index contributed by atoms with van der Waals surface area (Å²) in [5.74, 6) is 0. The van der Waals surface area contributed by atoms with Gasteiger partial charge in [0.05, 0.1) is 24.6 Å². The SMILES string of the molecule is CCCC[P+](CCCC)(CCCC)CCCC.[PH4+]. The molecule has 18 heavy (non-hydrogen) atoms. The van der Waals surface area contributed by atoms with Crippen LogP contribution in [0.1, 0.15) is 79.1 Å². The Bertz CT molecular complexity index is 120. The molecule has 0 heterocycles. The first-order chi connectivity index (χ1) is 8.24. The second-order valence-corrected chi connectivity index (χ2v) is 10.1. The van der Waals surface area contributed by atoms with Crippen LogP contribution in [-0.2, 0) is 0 Å². The predicted octanol–water partition coefficient (Wildman–Crippen LogP) is 5.99. The van der Waals surface area contributed by atoms with E-state index in [1.165, 1.54) is 51.4 Å². The lowest BCUT2D eigenvalue weighted by Gasteiger charge is -2.28. The van der Waals surface area contributed by atoms with Gasteiger partial charge in [0.1, 0.15) is 0 Å². The molecule has 0 aromatic heterocycles. The standard InChI is InChI=1S/C16H36P.H3P/c1-5-9-13-17(14-10-6-2,15-11-7-3)16-12-8-4;/h5-16H2,1-4H3;1H3/q+1;/p+1. The zero-order chi connectivity index (χ0) is 13.0. The van der Waals surface area contributed by atoms with Crippen LogP contribution in [0.3, 0.4) is 0 Å². The topological polar surface area (TPSA) is 0 Å². The Morgan fingerprint density at radius 1 is 0.500 bits per heavy atom. The number of unbranched alkanes of at least 4 members (excludes halogenated alkanes) is 4. The fourth-order valence-corrected chi connectivity index (χ4v) is 7.93. The Morgan fingerprint density at radius 3 is 0.889 bits per heavy atom. The van der Waals surface area contributed by atoms with Gasteiger partial charge in [0.15, 0.2) is 0 Å². The van der Waals surface area contributed by atoms with Gasteiger partial charge in [-0.05, 0) is 35.6 Å². The second-order valence-electron chi connectivity index (χ2n) is 5.65.